The molecule has 0 bridgehead atoms. The second-order valence-electron chi connectivity index (χ2n) is 6.60. The number of rotatable bonds is 12. The Morgan fingerprint density at radius 2 is 1.48 bits per heavy atom. The Bertz CT molecular complexity index is 536. The van der Waals surface area contributed by atoms with Crippen LogP contribution in [0, 0.1) is 0 Å². The average molecular weight is 347 g/mol. The van der Waals surface area contributed by atoms with Crippen molar-refractivity contribution in [3.63, 3.8) is 0 Å². The third-order valence-corrected chi connectivity index (χ3v) is 4.32. The topological polar surface area (TPSA) is 66.0 Å². The average Bonchev–Trinajstić information content (AvgIpc) is 3.09. The SMILES string of the molecule is CCCCCCCCCCCCCC(=O)O.c1ccc2[nH]cnc2c1. The smallest absolute Gasteiger partial charge is 0.303 e. The Morgan fingerprint density at radius 1 is 0.920 bits per heavy atom. The molecule has 0 radical (unpaired) electrons. The first kappa shape index (κ1) is 21.2. The highest BCUT2D eigenvalue weighted by Gasteiger charge is 1.96. The van der Waals surface area contributed by atoms with Gasteiger partial charge in [-0.3, -0.25) is 4.79 Å². The van der Waals surface area contributed by atoms with E-state index in [-0.39, 0.29) is 0 Å². The first-order chi connectivity index (χ1) is 12.2. The quantitative estimate of drug-likeness (QED) is 0.441. The molecule has 0 fully saturated rings. The Morgan fingerprint density at radius 3 is 2.04 bits per heavy atom. The molecular weight excluding hydrogens is 312 g/mol. The van der Waals surface area contributed by atoms with E-state index < -0.39 is 5.97 Å². The minimum absolute atomic E-state index is 0.344. The molecule has 1 aromatic carbocycles. The number of H-pyrrole nitrogens is 1. The zero-order chi connectivity index (χ0) is 18.2. The van der Waals surface area contributed by atoms with Crippen LogP contribution in [-0.4, -0.2) is 21.0 Å². The Kier molecular flexibility index (Phi) is 12.3. The number of carboxylic acid groups (broad SMARTS) is 1. The fourth-order valence-electron chi connectivity index (χ4n) is 2.82. The van der Waals surface area contributed by atoms with Gasteiger partial charge in [0.2, 0.25) is 0 Å². The molecule has 0 spiro atoms. The summed E-state index contributed by atoms with van der Waals surface area (Å²) in [5.41, 5.74) is 2.12. The Balaban J connectivity index is 0.000000286. The molecule has 0 amide bonds. The molecule has 0 aliphatic heterocycles. The number of aromatic nitrogens is 2. The molecule has 1 aromatic heterocycles. The number of aromatic amines is 1. The van der Waals surface area contributed by atoms with Gasteiger partial charge in [0.1, 0.15) is 0 Å². The van der Waals surface area contributed by atoms with Gasteiger partial charge in [0.05, 0.1) is 17.4 Å². The number of unbranched alkanes of at least 4 members (excludes halogenated alkanes) is 10. The monoisotopic (exact) mass is 346 g/mol. The lowest BCUT2D eigenvalue weighted by molar-refractivity contribution is -0.137. The maximum atomic E-state index is 10.3. The van der Waals surface area contributed by atoms with Crippen LogP contribution in [0.3, 0.4) is 0 Å². The van der Waals surface area contributed by atoms with Gasteiger partial charge in [-0.1, -0.05) is 83.3 Å². The zero-order valence-electron chi connectivity index (χ0n) is 15.7. The summed E-state index contributed by atoms with van der Waals surface area (Å²) in [4.78, 5) is 17.3. The van der Waals surface area contributed by atoms with Crippen molar-refractivity contribution < 1.29 is 9.90 Å². The van der Waals surface area contributed by atoms with E-state index >= 15 is 0 Å². The van der Waals surface area contributed by atoms with Crippen molar-refractivity contribution in [3.8, 4) is 0 Å². The number of fused-ring (bicyclic) bond motifs is 1. The minimum Gasteiger partial charge on any atom is -0.481 e. The van der Waals surface area contributed by atoms with Crippen LogP contribution >= 0.6 is 0 Å². The van der Waals surface area contributed by atoms with Crippen molar-refractivity contribution in [2.24, 2.45) is 0 Å². The van der Waals surface area contributed by atoms with Crippen molar-refractivity contribution in [2.75, 3.05) is 0 Å². The van der Waals surface area contributed by atoms with Gasteiger partial charge in [0, 0.05) is 6.42 Å². The molecule has 4 nitrogen and oxygen atoms in total. The van der Waals surface area contributed by atoms with E-state index in [9.17, 15) is 4.79 Å². The number of hydrogen-bond donors (Lipinski definition) is 2. The van der Waals surface area contributed by atoms with Gasteiger partial charge in [-0.15, -0.1) is 0 Å². The normalized spacial score (nSPS) is 10.4. The first-order valence-corrected chi connectivity index (χ1v) is 9.84. The van der Waals surface area contributed by atoms with E-state index in [1.54, 1.807) is 6.33 Å². The fourth-order valence-corrected chi connectivity index (χ4v) is 2.82. The number of imidazole rings is 1. The number of carboxylic acids is 1. The lowest BCUT2D eigenvalue weighted by Crippen LogP contribution is -1.93. The number of nitrogens with zero attached hydrogens (tertiary/aromatic N) is 1. The van der Waals surface area contributed by atoms with Gasteiger partial charge in [-0.05, 0) is 18.6 Å². The van der Waals surface area contributed by atoms with Crippen LogP contribution in [0.15, 0.2) is 30.6 Å². The van der Waals surface area contributed by atoms with Crippen molar-refractivity contribution in [1.29, 1.82) is 0 Å². The summed E-state index contributed by atoms with van der Waals surface area (Å²) in [7, 11) is 0. The van der Waals surface area contributed by atoms with Crippen molar-refractivity contribution in [3.05, 3.63) is 30.6 Å². The first-order valence-electron chi connectivity index (χ1n) is 9.84. The maximum Gasteiger partial charge on any atom is 0.303 e. The van der Waals surface area contributed by atoms with E-state index in [2.05, 4.69) is 16.9 Å². The predicted octanol–water partition coefficient (Wildman–Crippen LogP) is 6.34. The Labute approximate surface area is 152 Å². The summed E-state index contributed by atoms with van der Waals surface area (Å²) in [6.07, 6.45) is 16.1. The largest absolute Gasteiger partial charge is 0.481 e. The third-order valence-electron chi connectivity index (χ3n) is 4.32. The van der Waals surface area contributed by atoms with Crippen molar-refractivity contribution >= 4 is 17.0 Å². The van der Waals surface area contributed by atoms with Crippen LogP contribution in [0.25, 0.3) is 11.0 Å². The highest BCUT2D eigenvalue weighted by atomic mass is 16.4. The van der Waals surface area contributed by atoms with Gasteiger partial charge in [-0.25, -0.2) is 4.98 Å². The number of aliphatic carboxylic acids is 1. The molecule has 0 unspecified atom stereocenters. The predicted molar refractivity (Wildman–Crippen MR) is 105 cm³/mol. The van der Waals surface area contributed by atoms with E-state index in [1.165, 1.54) is 57.8 Å². The summed E-state index contributed by atoms with van der Waals surface area (Å²) < 4.78 is 0. The second-order valence-corrected chi connectivity index (χ2v) is 6.60. The molecule has 2 N–H and O–H groups in total. The summed E-state index contributed by atoms with van der Waals surface area (Å²) in [6.45, 7) is 2.25. The number of nitrogens with one attached hydrogen (secondary N) is 1. The van der Waals surface area contributed by atoms with Crippen LogP contribution in [0.4, 0.5) is 0 Å². The minimum atomic E-state index is -0.657. The van der Waals surface area contributed by atoms with Gasteiger partial charge < -0.3 is 10.1 Å². The van der Waals surface area contributed by atoms with Gasteiger partial charge in [-0.2, -0.15) is 0 Å². The molecule has 0 atom stereocenters. The number of para-hydroxylation sites is 2. The molecule has 2 aromatic rings. The van der Waals surface area contributed by atoms with Gasteiger partial charge in [0.25, 0.3) is 0 Å². The van der Waals surface area contributed by atoms with Crippen LogP contribution in [0.5, 0.6) is 0 Å². The molecule has 0 aliphatic rings. The molecule has 0 saturated heterocycles. The van der Waals surface area contributed by atoms with Crippen LogP contribution in [0.2, 0.25) is 0 Å². The Hall–Kier alpha value is -1.84. The summed E-state index contributed by atoms with van der Waals surface area (Å²) in [5, 5.41) is 8.46. The summed E-state index contributed by atoms with van der Waals surface area (Å²) in [6, 6.07) is 7.94. The summed E-state index contributed by atoms with van der Waals surface area (Å²) >= 11 is 0. The highest BCUT2D eigenvalue weighted by Crippen LogP contribution is 2.11. The molecule has 0 aliphatic carbocycles. The lowest BCUT2D eigenvalue weighted by Gasteiger charge is -2.01. The van der Waals surface area contributed by atoms with Crippen LogP contribution in [0.1, 0.15) is 84.0 Å². The van der Waals surface area contributed by atoms with Gasteiger partial charge in [0.15, 0.2) is 0 Å². The van der Waals surface area contributed by atoms with E-state index in [0.717, 1.165) is 23.9 Å². The van der Waals surface area contributed by atoms with Gasteiger partial charge >= 0.3 is 5.97 Å². The molecule has 140 valence electrons. The maximum absolute atomic E-state index is 10.3. The summed E-state index contributed by atoms with van der Waals surface area (Å²) in [5.74, 6) is -0.657. The van der Waals surface area contributed by atoms with E-state index in [1.807, 2.05) is 24.3 Å². The highest BCUT2D eigenvalue weighted by molar-refractivity contribution is 5.73. The molecule has 1 heterocycles. The third kappa shape index (κ3) is 11.4. The van der Waals surface area contributed by atoms with E-state index in [0.29, 0.717) is 6.42 Å². The number of carbonyl (C=O) groups is 1. The number of hydrogen-bond acceptors (Lipinski definition) is 2. The molecule has 25 heavy (non-hydrogen) atoms. The van der Waals surface area contributed by atoms with Crippen LogP contribution < -0.4 is 0 Å². The second kappa shape index (κ2) is 14.5. The molecule has 2 rings (SSSR count). The van der Waals surface area contributed by atoms with Crippen molar-refractivity contribution in [1.82, 2.24) is 9.97 Å². The van der Waals surface area contributed by atoms with Crippen LogP contribution in [-0.2, 0) is 4.79 Å². The zero-order valence-corrected chi connectivity index (χ0v) is 15.7. The molecular formula is C21H34N2O2. The molecule has 4 heteroatoms. The molecule has 0 saturated carbocycles. The van der Waals surface area contributed by atoms with Crippen molar-refractivity contribution in [2.45, 2.75) is 84.0 Å². The lowest BCUT2D eigenvalue weighted by atomic mass is 10.1. The standard InChI is InChI=1S/C14H28O2.C7H6N2/c1-2-3-4-5-6-7-8-9-10-11-12-13-14(15)16;1-2-4-7-6(3-1)8-5-9-7/h2-13H2,1H3,(H,15,16);1-5H,(H,8,9). The fraction of sp³-hybridized carbons (Fsp3) is 0.619. The van der Waals surface area contributed by atoms with E-state index in [4.69, 9.17) is 5.11 Å². The number of benzene rings is 1.